The van der Waals surface area contributed by atoms with Gasteiger partial charge in [-0.25, -0.2) is 4.98 Å². The number of nitrogen functional groups attached to an aromatic ring is 2. The number of nitrogens with zero attached hydrogens (tertiary/aromatic N) is 1. The summed E-state index contributed by atoms with van der Waals surface area (Å²) in [6, 6.07) is 1.14. The molecule has 72 valence electrons. The molecule has 1 aromatic rings. The van der Waals surface area contributed by atoms with E-state index in [4.69, 9.17) is 11.5 Å². The first kappa shape index (κ1) is 9.97. The van der Waals surface area contributed by atoms with Crippen LogP contribution in [0.5, 0.6) is 0 Å². The highest BCUT2D eigenvalue weighted by Crippen LogP contribution is 2.37. The summed E-state index contributed by atoms with van der Waals surface area (Å²) in [7, 11) is 0. The minimum Gasteiger partial charge on any atom is -0.396 e. The normalized spacial score (nSPS) is 11.6. The summed E-state index contributed by atoms with van der Waals surface area (Å²) >= 11 is -0.274. The first-order valence-corrected chi connectivity index (χ1v) is 3.97. The van der Waals surface area contributed by atoms with Crippen LogP contribution in [0.15, 0.2) is 17.2 Å². The summed E-state index contributed by atoms with van der Waals surface area (Å²) in [5.41, 5.74) is 6.22. The number of aromatic nitrogens is 1. The molecule has 0 spiro atoms. The fourth-order valence-corrected chi connectivity index (χ4v) is 1.22. The lowest BCUT2D eigenvalue weighted by Crippen LogP contribution is -2.02. The van der Waals surface area contributed by atoms with Gasteiger partial charge in [0.1, 0.15) is 5.82 Å². The quantitative estimate of drug-likeness (QED) is 0.693. The molecule has 0 atom stereocenters. The van der Waals surface area contributed by atoms with Crippen LogP contribution < -0.4 is 11.5 Å². The lowest BCUT2D eigenvalue weighted by molar-refractivity contribution is -0.0328. The van der Waals surface area contributed by atoms with Crippen LogP contribution in [0, 0.1) is 0 Å². The maximum absolute atomic E-state index is 11.8. The van der Waals surface area contributed by atoms with Gasteiger partial charge in [0.2, 0.25) is 0 Å². The van der Waals surface area contributed by atoms with Gasteiger partial charge in [-0.2, -0.15) is 13.2 Å². The SMILES string of the molecule is Nc1cc(SC(F)(F)F)cnc1N. The third-order valence-electron chi connectivity index (χ3n) is 1.16. The molecule has 1 aromatic heterocycles. The molecular weight excluding hydrogens is 203 g/mol. The highest BCUT2D eigenvalue weighted by Gasteiger charge is 2.29. The molecule has 4 N–H and O–H groups in total. The summed E-state index contributed by atoms with van der Waals surface area (Å²) in [5, 5.41) is 0. The van der Waals surface area contributed by atoms with E-state index in [2.05, 4.69) is 4.98 Å². The number of pyridine rings is 1. The van der Waals surface area contributed by atoms with Crippen molar-refractivity contribution in [1.82, 2.24) is 4.98 Å². The van der Waals surface area contributed by atoms with Crippen LogP contribution in [0.4, 0.5) is 24.7 Å². The van der Waals surface area contributed by atoms with Crippen LogP contribution in [0.3, 0.4) is 0 Å². The molecule has 0 aliphatic rings. The Labute approximate surface area is 76.3 Å². The van der Waals surface area contributed by atoms with Crippen molar-refractivity contribution in [3.05, 3.63) is 12.3 Å². The molecule has 1 heterocycles. The third-order valence-corrected chi connectivity index (χ3v) is 1.85. The van der Waals surface area contributed by atoms with Crippen LogP contribution in [-0.2, 0) is 0 Å². The Morgan fingerprint density at radius 3 is 2.38 bits per heavy atom. The fourth-order valence-electron chi connectivity index (χ4n) is 0.662. The summed E-state index contributed by atoms with van der Waals surface area (Å²) in [4.78, 5) is 3.42. The van der Waals surface area contributed by atoms with Crippen molar-refractivity contribution in [3.63, 3.8) is 0 Å². The zero-order chi connectivity index (χ0) is 10.1. The van der Waals surface area contributed by atoms with Gasteiger partial charge in [-0.3, -0.25) is 0 Å². The average Bonchev–Trinajstić information content (AvgIpc) is 1.94. The smallest absolute Gasteiger partial charge is 0.396 e. The number of halogens is 3. The number of anilines is 2. The number of hydrogen-bond acceptors (Lipinski definition) is 4. The maximum Gasteiger partial charge on any atom is 0.446 e. The molecule has 7 heteroatoms. The van der Waals surface area contributed by atoms with Crippen molar-refractivity contribution in [3.8, 4) is 0 Å². The fraction of sp³-hybridized carbons (Fsp3) is 0.167. The topological polar surface area (TPSA) is 64.9 Å². The van der Waals surface area contributed by atoms with Crippen LogP contribution in [-0.4, -0.2) is 10.5 Å². The molecule has 0 saturated carbocycles. The zero-order valence-corrected chi connectivity index (χ0v) is 7.12. The second-order valence-electron chi connectivity index (χ2n) is 2.19. The average molecular weight is 209 g/mol. The molecule has 0 radical (unpaired) electrons. The monoisotopic (exact) mass is 209 g/mol. The maximum atomic E-state index is 11.8. The Balaban J connectivity index is 2.86. The van der Waals surface area contributed by atoms with Gasteiger partial charge in [-0.15, -0.1) is 0 Å². The molecule has 0 saturated heterocycles. The largest absolute Gasteiger partial charge is 0.446 e. The number of nitrogens with two attached hydrogens (primary N) is 2. The Morgan fingerprint density at radius 2 is 1.92 bits per heavy atom. The number of hydrogen-bond donors (Lipinski definition) is 2. The van der Waals surface area contributed by atoms with Crippen LogP contribution in [0.25, 0.3) is 0 Å². The van der Waals surface area contributed by atoms with Crippen molar-refractivity contribution in [2.45, 2.75) is 10.4 Å². The molecule has 0 bridgehead atoms. The van der Waals surface area contributed by atoms with E-state index in [1.165, 1.54) is 0 Å². The highest BCUT2D eigenvalue weighted by atomic mass is 32.2. The van der Waals surface area contributed by atoms with Crippen molar-refractivity contribution < 1.29 is 13.2 Å². The van der Waals surface area contributed by atoms with E-state index >= 15 is 0 Å². The Morgan fingerprint density at radius 1 is 1.31 bits per heavy atom. The van der Waals surface area contributed by atoms with E-state index in [9.17, 15) is 13.2 Å². The van der Waals surface area contributed by atoms with Gasteiger partial charge < -0.3 is 11.5 Å². The van der Waals surface area contributed by atoms with Crippen LogP contribution >= 0.6 is 11.8 Å². The molecule has 0 aromatic carbocycles. The Hall–Kier alpha value is -1.11. The lowest BCUT2D eigenvalue weighted by atomic mass is 10.4. The number of rotatable bonds is 1. The van der Waals surface area contributed by atoms with Gasteiger partial charge in [0.05, 0.1) is 5.69 Å². The minimum absolute atomic E-state index is 0.0338. The molecule has 3 nitrogen and oxygen atoms in total. The van der Waals surface area contributed by atoms with Gasteiger partial charge in [0, 0.05) is 11.1 Å². The molecule has 0 fully saturated rings. The van der Waals surface area contributed by atoms with E-state index < -0.39 is 5.51 Å². The van der Waals surface area contributed by atoms with Crippen molar-refractivity contribution in [1.29, 1.82) is 0 Å². The van der Waals surface area contributed by atoms with Gasteiger partial charge in [-0.05, 0) is 17.8 Å². The second-order valence-corrected chi connectivity index (χ2v) is 3.33. The van der Waals surface area contributed by atoms with Crippen molar-refractivity contribution in [2.75, 3.05) is 11.5 Å². The van der Waals surface area contributed by atoms with Crippen LogP contribution in [0.2, 0.25) is 0 Å². The Bertz CT molecular complexity index is 312. The summed E-state index contributed by atoms with van der Waals surface area (Å²) in [6.07, 6.45) is 1.03. The third kappa shape index (κ3) is 3.02. The standard InChI is InChI=1S/C6H6F3N3S/c7-6(8,9)13-3-1-4(10)5(11)12-2-3/h1-2H,10H2,(H2,11,12). The first-order valence-electron chi connectivity index (χ1n) is 3.15. The van der Waals surface area contributed by atoms with Crippen molar-refractivity contribution >= 4 is 23.3 Å². The summed E-state index contributed by atoms with van der Waals surface area (Å²) in [6.45, 7) is 0. The predicted molar refractivity (Wildman–Crippen MR) is 45.0 cm³/mol. The molecule has 0 unspecified atom stereocenters. The summed E-state index contributed by atoms with van der Waals surface area (Å²) < 4.78 is 35.5. The zero-order valence-electron chi connectivity index (χ0n) is 6.30. The minimum atomic E-state index is -4.33. The van der Waals surface area contributed by atoms with E-state index in [-0.39, 0.29) is 28.2 Å². The van der Waals surface area contributed by atoms with E-state index in [0.29, 0.717) is 0 Å². The lowest BCUT2D eigenvalue weighted by Gasteiger charge is -2.06. The van der Waals surface area contributed by atoms with E-state index in [0.717, 1.165) is 12.3 Å². The van der Waals surface area contributed by atoms with Crippen LogP contribution in [0.1, 0.15) is 0 Å². The molecule has 0 aliphatic carbocycles. The molecule has 0 aliphatic heterocycles. The summed E-state index contributed by atoms with van der Waals surface area (Å²) in [5.74, 6) is 0.0338. The Kier molecular flexibility index (Phi) is 2.55. The van der Waals surface area contributed by atoms with Crippen molar-refractivity contribution in [2.24, 2.45) is 0 Å². The van der Waals surface area contributed by atoms with Gasteiger partial charge in [0.15, 0.2) is 0 Å². The van der Waals surface area contributed by atoms with E-state index in [1.807, 2.05) is 0 Å². The molecule has 13 heavy (non-hydrogen) atoms. The predicted octanol–water partition coefficient (Wildman–Crippen LogP) is 1.86. The number of alkyl halides is 3. The van der Waals surface area contributed by atoms with E-state index in [1.54, 1.807) is 0 Å². The van der Waals surface area contributed by atoms with Gasteiger partial charge >= 0.3 is 5.51 Å². The van der Waals surface area contributed by atoms with Gasteiger partial charge in [-0.1, -0.05) is 0 Å². The van der Waals surface area contributed by atoms with Gasteiger partial charge in [0.25, 0.3) is 0 Å². The second kappa shape index (κ2) is 3.33. The first-order chi connectivity index (χ1) is 5.88. The number of thioether (sulfide) groups is 1. The molecular formula is C6H6F3N3S. The molecule has 0 amide bonds. The molecule has 1 rings (SSSR count). The highest BCUT2D eigenvalue weighted by molar-refractivity contribution is 8.00.